The standard InChI is InChI=1S/C14H15BrN2OS/c1-8-10(6-7-18-8)13-16-12(9-4-2-3-5-9)11(15)14(19)17-13/h6-7,9H,2-5H2,1H3,(H,16,17,19). The van der Waals surface area contributed by atoms with E-state index in [-0.39, 0.29) is 0 Å². The average Bonchev–Trinajstić information content (AvgIpc) is 3.03. The average molecular weight is 339 g/mol. The predicted octanol–water partition coefficient (Wildman–Crippen LogP) is 5.13. The van der Waals surface area contributed by atoms with E-state index in [0.29, 0.717) is 10.6 Å². The summed E-state index contributed by atoms with van der Waals surface area (Å²) in [4.78, 5) is 7.91. The van der Waals surface area contributed by atoms with Crippen LogP contribution >= 0.6 is 28.1 Å². The van der Waals surface area contributed by atoms with Crippen LogP contribution in [0.4, 0.5) is 0 Å². The first-order valence-electron chi connectivity index (χ1n) is 6.51. The molecule has 2 heterocycles. The second kappa shape index (κ2) is 5.21. The molecular formula is C14H15BrN2OS. The predicted molar refractivity (Wildman–Crippen MR) is 80.8 cm³/mol. The molecule has 0 spiro atoms. The van der Waals surface area contributed by atoms with Crippen molar-refractivity contribution in [1.29, 1.82) is 0 Å². The molecule has 1 fully saturated rings. The summed E-state index contributed by atoms with van der Waals surface area (Å²) in [5.41, 5.74) is 2.17. The van der Waals surface area contributed by atoms with E-state index >= 15 is 0 Å². The lowest BCUT2D eigenvalue weighted by Gasteiger charge is -2.13. The van der Waals surface area contributed by atoms with Crippen LogP contribution in [0.1, 0.15) is 43.1 Å². The zero-order valence-corrected chi connectivity index (χ0v) is 13.1. The molecule has 0 bridgehead atoms. The van der Waals surface area contributed by atoms with E-state index in [9.17, 15) is 0 Å². The van der Waals surface area contributed by atoms with Gasteiger partial charge >= 0.3 is 0 Å². The number of aromatic nitrogens is 2. The molecule has 0 radical (unpaired) electrons. The highest BCUT2D eigenvalue weighted by molar-refractivity contribution is 9.10. The van der Waals surface area contributed by atoms with Crippen LogP contribution in [-0.4, -0.2) is 9.97 Å². The summed E-state index contributed by atoms with van der Waals surface area (Å²) in [5, 5.41) is 0. The number of aromatic amines is 1. The number of furan rings is 1. The Hall–Kier alpha value is -0.940. The van der Waals surface area contributed by atoms with Crippen molar-refractivity contribution in [2.75, 3.05) is 0 Å². The highest BCUT2D eigenvalue weighted by atomic mass is 79.9. The van der Waals surface area contributed by atoms with Crippen molar-refractivity contribution < 1.29 is 4.42 Å². The molecule has 1 N–H and O–H groups in total. The highest BCUT2D eigenvalue weighted by Gasteiger charge is 2.22. The summed E-state index contributed by atoms with van der Waals surface area (Å²) >= 11 is 8.96. The Morgan fingerprint density at radius 2 is 2.16 bits per heavy atom. The second-order valence-electron chi connectivity index (χ2n) is 4.99. The monoisotopic (exact) mass is 338 g/mol. The minimum atomic E-state index is 0.560. The van der Waals surface area contributed by atoms with E-state index in [0.717, 1.165) is 21.6 Å². The Bertz CT molecular complexity index is 656. The zero-order chi connectivity index (χ0) is 13.4. The first kappa shape index (κ1) is 13.1. The third-order valence-electron chi connectivity index (χ3n) is 3.77. The summed E-state index contributed by atoms with van der Waals surface area (Å²) < 4.78 is 6.91. The maximum absolute atomic E-state index is 5.37. The van der Waals surface area contributed by atoms with Gasteiger partial charge in [-0.2, -0.15) is 0 Å². The van der Waals surface area contributed by atoms with Crippen LogP contribution < -0.4 is 0 Å². The third kappa shape index (κ3) is 2.41. The Morgan fingerprint density at radius 3 is 2.79 bits per heavy atom. The molecule has 1 aliphatic carbocycles. The zero-order valence-electron chi connectivity index (χ0n) is 10.7. The molecule has 5 heteroatoms. The van der Waals surface area contributed by atoms with Crippen LogP contribution in [0, 0.1) is 11.6 Å². The van der Waals surface area contributed by atoms with Gasteiger partial charge in [0.2, 0.25) is 0 Å². The maximum Gasteiger partial charge on any atom is 0.144 e. The molecule has 3 nitrogen and oxygen atoms in total. The lowest BCUT2D eigenvalue weighted by molar-refractivity contribution is 0.535. The molecule has 19 heavy (non-hydrogen) atoms. The fraction of sp³-hybridized carbons (Fsp3) is 0.429. The lowest BCUT2D eigenvalue weighted by atomic mass is 10.0. The van der Waals surface area contributed by atoms with E-state index < -0.39 is 0 Å². The van der Waals surface area contributed by atoms with Crippen molar-refractivity contribution in [2.45, 2.75) is 38.5 Å². The van der Waals surface area contributed by atoms with Crippen LogP contribution in [0.5, 0.6) is 0 Å². The Morgan fingerprint density at radius 1 is 1.42 bits per heavy atom. The molecule has 3 rings (SSSR count). The second-order valence-corrected chi connectivity index (χ2v) is 6.17. The van der Waals surface area contributed by atoms with E-state index in [1.807, 2.05) is 13.0 Å². The number of aryl methyl sites for hydroxylation is 1. The summed E-state index contributed by atoms with van der Waals surface area (Å²) in [6, 6.07) is 1.93. The molecule has 0 aliphatic heterocycles. The number of nitrogens with one attached hydrogen (secondary N) is 1. The molecule has 0 unspecified atom stereocenters. The molecule has 1 aliphatic rings. The van der Waals surface area contributed by atoms with Crippen LogP contribution in [0.15, 0.2) is 21.2 Å². The van der Waals surface area contributed by atoms with Crippen molar-refractivity contribution in [2.24, 2.45) is 0 Å². The largest absolute Gasteiger partial charge is 0.469 e. The van der Waals surface area contributed by atoms with Gasteiger partial charge in [0, 0.05) is 11.6 Å². The van der Waals surface area contributed by atoms with Crippen LogP contribution in [0.25, 0.3) is 11.4 Å². The molecule has 100 valence electrons. The van der Waals surface area contributed by atoms with Gasteiger partial charge in [0.1, 0.15) is 16.2 Å². The van der Waals surface area contributed by atoms with Gasteiger partial charge < -0.3 is 9.40 Å². The maximum atomic E-state index is 5.37. The van der Waals surface area contributed by atoms with Crippen molar-refractivity contribution >= 4 is 28.1 Å². The number of hydrogen-bond donors (Lipinski definition) is 1. The Balaban J connectivity index is 2.12. The normalized spacial score (nSPS) is 16.1. The molecule has 0 amide bonds. The van der Waals surface area contributed by atoms with Crippen LogP contribution in [-0.2, 0) is 0 Å². The van der Waals surface area contributed by atoms with Gasteiger partial charge in [0.05, 0.1) is 16.3 Å². The van der Waals surface area contributed by atoms with Gasteiger partial charge in [0.25, 0.3) is 0 Å². The van der Waals surface area contributed by atoms with Gasteiger partial charge in [-0.3, -0.25) is 0 Å². The summed E-state index contributed by atoms with van der Waals surface area (Å²) in [7, 11) is 0. The van der Waals surface area contributed by atoms with E-state index in [4.69, 9.17) is 16.6 Å². The molecule has 0 saturated heterocycles. The third-order valence-corrected chi connectivity index (χ3v) is 5.13. The van der Waals surface area contributed by atoms with Gasteiger partial charge in [-0.05, 0) is 41.8 Å². The van der Waals surface area contributed by atoms with Crippen molar-refractivity contribution in [1.82, 2.24) is 9.97 Å². The Labute approximate surface area is 125 Å². The van der Waals surface area contributed by atoms with Crippen molar-refractivity contribution in [3.8, 4) is 11.4 Å². The molecule has 1 saturated carbocycles. The summed E-state index contributed by atoms with van der Waals surface area (Å²) in [6.45, 7) is 1.94. The fourth-order valence-corrected chi connectivity index (χ4v) is 3.44. The topological polar surface area (TPSA) is 41.8 Å². The Kier molecular flexibility index (Phi) is 3.58. The van der Waals surface area contributed by atoms with Gasteiger partial charge in [-0.1, -0.05) is 25.1 Å². The van der Waals surface area contributed by atoms with E-state index in [2.05, 4.69) is 25.9 Å². The van der Waals surface area contributed by atoms with Crippen LogP contribution in [0.2, 0.25) is 0 Å². The molecular weight excluding hydrogens is 324 g/mol. The van der Waals surface area contributed by atoms with Crippen molar-refractivity contribution in [3.05, 3.63) is 32.9 Å². The molecule has 0 aromatic carbocycles. The van der Waals surface area contributed by atoms with Gasteiger partial charge in [0.15, 0.2) is 0 Å². The summed E-state index contributed by atoms with van der Waals surface area (Å²) in [5.74, 6) is 2.23. The number of halogens is 1. The smallest absolute Gasteiger partial charge is 0.144 e. The lowest BCUT2D eigenvalue weighted by Crippen LogP contribution is -2.02. The number of nitrogens with zero attached hydrogens (tertiary/aromatic N) is 1. The van der Waals surface area contributed by atoms with E-state index in [1.165, 1.54) is 31.4 Å². The number of H-pyrrole nitrogens is 1. The SMILES string of the molecule is Cc1occc1-c1nc(=S)c(Br)c(C2CCCC2)[nH]1. The number of rotatable bonds is 2. The molecule has 2 aromatic heterocycles. The van der Waals surface area contributed by atoms with E-state index in [1.54, 1.807) is 6.26 Å². The molecule has 0 atom stereocenters. The number of hydrogen-bond acceptors (Lipinski definition) is 3. The molecule has 2 aromatic rings. The minimum absolute atomic E-state index is 0.560. The summed E-state index contributed by atoms with van der Waals surface area (Å²) in [6.07, 6.45) is 6.70. The minimum Gasteiger partial charge on any atom is -0.469 e. The van der Waals surface area contributed by atoms with Crippen molar-refractivity contribution in [3.63, 3.8) is 0 Å². The first-order chi connectivity index (χ1) is 9.16. The van der Waals surface area contributed by atoms with Crippen LogP contribution in [0.3, 0.4) is 0 Å². The van der Waals surface area contributed by atoms with Gasteiger partial charge in [-0.25, -0.2) is 4.98 Å². The first-order valence-corrected chi connectivity index (χ1v) is 7.71. The quantitative estimate of drug-likeness (QED) is 0.772. The highest BCUT2D eigenvalue weighted by Crippen LogP contribution is 2.37. The fourth-order valence-electron chi connectivity index (χ4n) is 2.73. The van der Waals surface area contributed by atoms with Gasteiger partial charge in [-0.15, -0.1) is 0 Å².